The Labute approximate surface area is 117 Å². The van der Waals surface area contributed by atoms with Crippen molar-refractivity contribution in [1.29, 1.82) is 0 Å². The fourth-order valence-corrected chi connectivity index (χ4v) is 2.74. The molecule has 1 N–H and O–H groups in total. The lowest BCUT2D eigenvalue weighted by Gasteiger charge is -2.32. The normalized spacial score (nSPS) is 18.9. The van der Waals surface area contributed by atoms with Crippen LogP contribution in [0.15, 0.2) is 12.1 Å². The van der Waals surface area contributed by atoms with Gasteiger partial charge in [-0.15, -0.1) is 0 Å². The van der Waals surface area contributed by atoms with Crippen LogP contribution in [0.4, 0.5) is 0 Å². The molecule has 2 rings (SSSR count). The average molecular weight is 261 g/mol. The fourth-order valence-electron chi connectivity index (χ4n) is 2.74. The summed E-state index contributed by atoms with van der Waals surface area (Å²) in [6.45, 7) is 13.1. The maximum Gasteiger partial charge on any atom is 0.127 e. The van der Waals surface area contributed by atoms with Crippen molar-refractivity contribution in [2.45, 2.75) is 58.9 Å². The van der Waals surface area contributed by atoms with Crippen molar-refractivity contribution in [2.24, 2.45) is 0 Å². The van der Waals surface area contributed by atoms with Crippen LogP contribution in [0.25, 0.3) is 0 Å². The van der Waals surface area contributed by atoms with E-state index in [1.807, 2.05) is 0 Å². The molecule has 2 nitrogen and oxygen atoms in total. The van der Waals surface area contributed by atoms with Gasteiger partial charge in [0.1, 0.15) is 5.75 Å². The Morgan fingerprint density at radius 1 is 1.32 bits per heavy atom. The second-order valence-corrected chi connectivity index (χ2v) is 6.62. The average Bonchev–Trinajstić information content (AvgIpc) is 2.34. The molecule has 0 aliphatic carbocycles. The maximum absolute atomic E-state index is 6.01. The predicted molar refractivity (Wildman–Crippen MR) is 81.0 cm³/mol. The Bertz CT molecular complexity index is 445. The van der Waals surface area contributed by atoms with Crippen molar-refractivity contribution >= 4 is 0 Å². The summed E-state index contributed by atoms with van der Waals surface area (Å²) in [7, 11) is 0. The Hall–Kier alpha value is -1.02. The number of benzene rings is 1. The van der Waals surface area contributed by atoms with Crippen molar-refractivity contribution in [3.8, 4) is 5.75 Å². The molecular formula is C17H27NO. The molecule has 1 aliphatic heterocycles. The molecule has 2 heteroatoms. The zero-order valence-corrected chi connectivity index (χ0v) is 13.0. The van der Waals surface area contributed by atoms with Gasteiger partial charge in [0.05, 0.1) is 6.61 Å². The maximum atomic E-state index is 6.01. The number of hydrogen-bond acceptors (Lipinski definition) is 2. The standard InChI is InChI=1S/C17H27NO/c1-6-8-18-15-7-9-19-16-13(15)10-12(2)11-14(16)17(3,4)5/h10-11,15,18H,6-9H2,1-5H3. The topological polar surface area (TPSA) is 21.3 Å². The van der Waals surface area contributed by atoms with Crippen LogP contribution in [0.3, 0.4) is 0 Å². The van der Waals surface area contributed by atoms with Crippen LogP contribution in [0.1, 0.15) is 63.3 Å². The minimum Gasteiger partial charge on any atom is -0.493 e. The Morgan fingerprint density at radius 3 is 2.68 bits per heavy atom. The molecule has 1 unspecified atom stereocenters. The van der Waals surface area contributed by atoms with E-state index in [1.165, 1.54) is 23.1 Å². The van der Waals surface area contributed by atoms with Gasteiger partial charge in [-0.25, -0.2) is 0 Å². The summed E-state index contributed by atoms with van der Waals surface area (Å²) < 4.78 is 6.01. The summed E-state index contributed by atoms with van der Waals surface area (Å²) in [5.41, 5.74) is 4.15. The molecule has 0 amide bonds. The summed E-state index contributed by atoms with van der Waals surface area (Å²) in [4.78, 5) is 0. The molecule has 0 fully saturated rings. The molecule has 19 heavy (non-hydrogen) atoms. The van der Waals surface area contributed by atoms with Crippen molar-refractivity contribution in [1.82, 2.24) is 5.32 Å². The summed E-state index contributed by atoms with van der Waals surface area (Å²) in [6, 6.07) is 5.02. The second kappa shape index (κ2) is 5.54. The van der Waals surface area contributed by atoms with Crippen LogP contribution in [-0.4, -0.2) is 13.2 Å². The minimum absolute atomic E-state index is 0.128. The van der Waals surface area contributed by atoms with Crippen molar-refractivity contribution in [3.63, 3.8) is 0 Å². The smallest absolute Gasteiger partial charge is 0.127 e. The first-order valence-corrected chi connectivity index (χ1v) is 7.44. The molecule has 1 aromatic rings. The Balaban J connectivity index is 2.43. The molecule has 0 bridgehead atoms. The summed E-state index contributed by atoms with van der Waals surface area (Å²) in [5, 5.41) is 3.65. The summed E-state index contributed by atoms with van der Waals surface area (Å²) in [6.07, 6.45) is 2.24. The number of fused-ring (bicyclic) bond motifs is 1. The van der Waals surface area contributed by atoms with Crippen molar-refractivity contribution in [3.05, 3.63) is 28.8 Å². The molecule has 0 aromatic heterocycles. The second-order valence-electron chi connectivity index (χ2n) is 6.62. The third kappa shape index (κ3) is 3.11. The van der Waals surface area contributed by atoms with Crippen LogP contribution in [-0.2, 0) is 5.41 Å². The van der Waals surface area contributed by atoms with Gasteiger partial charge in [-0.05, 0) is 25.3 Å². The number of hydrogen-bond donors (Lipinski definition) is 1. The van der Waals surface area contributed by atoms with E-state index in [9.17, 15) is 0 Å². The largest absolute Gasteiger partial charge is 0.493 e. The van der Waals surface area contributed by atoms with E-state index in [1.54, 1.807) is 0 Å². The third-order valence-electron chi connectivity index (χ3n) is 3.74. The molecule has 1 atom stereocenters. The fraction of sp³-hybridized carbons (Fsp3) is 0.647. The van der Waals surface area contributed by atoms with Crippen LogP contribution in [0, 0.1) is 6.92 Å². The van der Waals surface area contributed by atoms with Gasteiger partial charge in [0.25, 0.3) is 0 Å². The molecule has 0 saturated carbocycles. The van der Waals surface area contributed by atoms with Gasteiger partial charge in [-0.3, -0.25) is 0 Å². The van der Waals surface area contributed by atoms with Gasteiger partial charge in [0.2, 0.25) is 0 Å². The number of rotatable bonds is 3. The monoisotopic (exact) mass is 261 g/mol. The van der Waals surface area contributed by atoms with Crippen LogP contribution in [0.2, 0.25) is 0 Å². The number of aryl methyl sites for hydroxylation is 1. The zero-order chi connectivity index (χ0) is 14.0. The highest BCUT2D eigenvalue weighted by Crippen LogP contribution is 2.41. The zero-order valence-electron chi connectivity index (χ0n) is 13.0. The van der Waals surface area contributed by atoms with Gasteiger partial charge >= 0.3 is 0 Å². The first kappa shape index (κ1) is 14.4. The van der Waals surface area contributed by atoms with Crippen LogP contribution in [0.5, 0.6) is 5.75 Å². The summed E-state index contributed by atoms with van der Waals surface area (Å²) in [5.74, 6) is 1.12. The number of ether oxygens (including phenoxy) is 1. The van der Waals surface area contributed by atoms with Crippen LogP contribution >= 0.6 is 0 Å². The lowest BCUT2D eigenvalue weighted by molar-refractivity contribution is 0.246. The molecule has 1 aromatic carbocycles. The van der Waals surface area contributed by atoms with Crippen LogP contribution < -0.4 is 10.1 Å². The molecule has 0 saturated heterocycles. The lowest BCUT2D eigenvalue weighted by Crippen LogP contribution is -2.29. The highest BCUT2D eigenvalue weighted by atomic mass is 16.5. The highest BCUT2D eigenvalue weighted by molar-refractivity contribution is 5.50. The number of nitrogens with one attached hydrogen (secondary N) is 1. The Morgan fingerprint density at radius 2 is 2.05 bits per heavy atom. The molecule has 106 valence electrons. The van der Waals surface area contributed by atoms with Gasteiger partial charge in [-0.1, -0.05) is 45.4 Å². The molecule has 1 heterocycles. The SMILES string of the molecule is CCCNC1CCOc2c1cc(C)cc2C(C)(C)C. The van der Waals surface area contributed by atoms with E-state index in [4.69, 9.17) is 4.74 Å². The third-order valence-corrected chi connectivity index (χ3v) is 3.74. The minimum atomic E-state index is 0.128. The van der Waals surface area contributed by atoms with E-state index < -0.39 is 0 Å². The lowest BCUT2D eigenvalue weighted by atomic mass is 9.82. The first-order chi connectivity index (χ1) is 8.93. The van der Waals surface area contributed by atoms with E-state index in [2.05, 4.69) is 52.1 Å². The van der Waals surface area contributed by atoms with Gasteiger partial charge in [-0.2, -0.15) is 0 Å². The molecule has 1 aliphatic rings. The highest BCUT2D eigenvalue weighted by Gasteiger charge is 2.28. The Kier molecular flexibility index (Phi) is 4.19. The van der Waals surface area contributed by atoms with Crippen molar-refractivity contribution < 1.29 is 4.74 Å². The summed E-state index contributed by atoms with van der Waals surface area (Å²) >= 11 is 0. The van der Waals surface area contributed by atoms with Gasteiger partial charge in [0.15, 0.2) is 0 Å². The van der Waals surface area contributed by atoms with E-state index in [0.29, 0.717) is 6.04 Å². The molecule has 0 radical (unpaired) electrons. The van der Waals surface area contributed by atoms with E-state index in [0.717, 1.165) is 25.3 Å². The van der Waals surface area contributed by atoms with E-state index >= 15 is 0 Å². The first-order valence-electron chi connectivity index (χ1n) is 7.44. The quantitative estimate of drug-likeness (QED) is 0.884. The van der Waals surface area contributed by atoms with E-state index in [-0.39, 0.29) is 5.41 Å². The molecular weight excluding hydrogens is 234 g/mol. The van der Waals surface area contributed by atoms with Gasteiger partial charge < -0.3 is 10.1 Å². The molecule has 0 spiro atoms. The van der Waals surface area contributed by atoms with Crippen molar-refractivity contribution in [2.75, 3.05) is 13.2 Å². The van der Waals surface area contributed by atoms with Gasteiger partial charge in [0, 0.05) is 23.6 Å². The predicted octanol–water partition coefficient (Wildman–Crippen LogP) is 4.12.